The Morgan fingerprint density at radius 2 is 1.69 bits per heavy atom. The number of nitrogens with one attached hydrogen (secondary N) is 1. The molecule has 0 fully saturated rings. The van der Waals surface area contributed by atoms with Crippen molar-refractivity contribution >= 4 is 20.9 Å². The van der Waals surface area contributed by atoms with Crippen LogP contribution in [0, 0.1) is 11.3 Å². The number of rotatable bonds is 6. The van der Waals surface area contributed by atoms with Crippen LogP contribution in [-0.2, 0) is 9.84 Å². The fourth-order valence-electron chi connectivity index (χ4n) is 3.39. The molecule has 0 unspecified atom stereocenters. The average molecular weight is 484 g/mol. The Hall–Kier alpha value is -4.75. The third-order valence-electron chi connectivity index (χ3n) is 5.02. The minimum absolute atomic E-state index is 0.129. The number of H-pyrrole nitrogens is 1. The van der Waals surface area contributed by atoms with E-state index in [9.17, 15) is 13.7 Å². The molecule has 0 atom stereocenters. The van der Waals surface area contributed by atoms with Crippen molar-refractivity contribution < 1.29 is 17.9 Å². The molecule has 0 aliphatic heterocycles. The maximum Gasteiger partial charge on any atom is 0.183 e. The molecule has 0 saturated heterocycles. The molecule has 10 heteroatoms. The van der Waals surface area contributed by atoms with Crippen molar-refractivity contribution in [2.45, 2.75) is 4.90 Å². The molecule has 0 spiro atoms. The van der Waals surface area contributed by atoms with E-state index in [1.165, 1.54) is 18.3 Å². The Labute approximate surface area is 200 Å². The smallest absolute Gasteiger partial charge is 0.183 e. The number of aromatic nitrogens is 4. The lowest BCUT2D eigenvalue weighted by atomic mass is 10.2. The summed E-state index contributed by atoms with van der Waals surface area (Å²) in [5.74, 6) is 2.00. The van der Waals surface area contributed by atoms with Crippen LogP contribution in [0.15, 0.2) is 84.0 Å². The Kier molecular flexibility index (Phi) is 5.60. The van der Waals surface area contributed by atoms with Crippen LogP contribution in [0.1, 0.15) is 5.69 Å². The number of fused-ring (bicyclic) bond motifs is 1. The zero-order valence-corrected chi connectivity index (χ0v) is 19.2. The lowest BCUT2D eigenvalue weighted by molar-refractivity contribution is 0.461. The summed E-state index contributed by atoms with van der Waals surface area (Å²) in [6, 6.07) is 20.3. The van der Waals surface area contributed by atoms with Gasteiger partial charge in [0, 0.05) is 30.8 Å². The molecule has 3 aromatic heterocycles. The average Bonchev–Trinajstić information content (AvgIpc) is 3.29. The minimum atomic E-state index is -3.32. The van der Waals surface area contributed by atoms with Crippen molar-refractivity contribution in [2.24, 2.45) is 0 Å². The Bertz CT molecular complexity index is 1680. The highest BCUT2D eigenvalue weighted by Crippen LogP contribution is 2.37. The molecule has 0 aliphatic carbocycles. The monoisotopic (exact) mass is 483 g/mol. The van der Waals surface area contributed by atoms with E-state index in [0.29, 0.717) is 39.8 Å². The molecule has 172 valence electrons. The van der Waals surface area contributed by atoms with Gasteiger partial charge in [-0.2, -0.15) is 5.26 Å². The van der Waals surface area contributed by atoms with E-state index in [1.807, 2.05) is 24.3 Å². The van der Waals surface area contributed by atoms with Gasteiger partial charge in [0.2, 0.25) is 0 Å². The van der Waals surface area contributed by atoms with Crippen LogP contribution in [0.5, 0.6) is 23.0 Å². The lowest BCUT2D eigenvalue weighted by Gasteiger charge is -2.11. The van der Waals surface area contributed by atoms with Crippen LogP contribution in [0.2, 0.25) is 0 Å². The van der Waals surface area contributed by atoms with Crippen LogP contribution < -0.4 is 9.47 Å². The van der Waals surface area contributed by atoms with Gasteiger partial charge in [0.05, 0.1) is 10.4 Å². The van der Waals surface area contributed by atoms with Gasteiger partial charge in [0.1, 0.15) is 28.8 Å². The summed E-state index contributed by atoms with van der Waals surface area (Å²) in [4.78, 5) is 16.4. The third-order valence-corrected chi connectivity index (χ3v) is 6.15. The molecular formula is C25H17N5O4S. The zero-order chi connectivity index (χ0) is 24.4. The largest absolute Gasteiger partial charge is 0.457 e. The number of hydrogen-bond acceptors (Lipinski definition) is 8. The summed E-state index contributed by atoms with van der Waals surface area (Å²) >= 11 is 0. The van der Waals surface area contributed by atoms with E-state index in [4.69, 9.17) is 9.47 Å². The Morgan fingerprint density at radius 3 is 2.40 bits per heavy atom. The highest BCUT2D eigenvalue weighted by atomic mass is 32.2. The number of nitrogens with zero attached hydrogens (tertiary/aromatic N) is 4. The summed E-state index contributed by atoms with van der Waals surface area (Å²) in [7, 11) is -3.32. The number of aromatic amines is 1. The molecular weight excluding hydrogens is 466 g/mol. The lowest BCUT2D eigenvalue weighted by Crippen LogP contribution is -1.96. The molecule has 5 aromatic rings. The predicted molar refractivity (Wildman–Crippen MR) is 128 cm³/mol. The fourth-order valence-corrected chi connectivity index (χ4v) is 4.02. The van der Waals surface area contributed by atoms with Crippen LogP contribution in [0.4, 0.5) is 0 Å². The van der Waals surface area contributed by atoms with Crippen LogP contribution in [-0.4, -0.2) is 34.6 Å². The Morgan fingerprint density at radius 1 is 0.886 bits per heavy atom. The highest BCUT2D eigenvalue weighted by molar-refractivity contribution is 7.90. The van der Waals surface area contributed by atoms with Crippen molar-refractivity contribution in [1.29, 1.82) is 5.26 Å². The number of imidazole rings is 1. The van der Waals surface area contributed by atoms with Gasteiger partial charge in [0.15, 0.2) is 32.9 Å². The van der Waals surface area contributed by atoms with Gasteiger partial charge in [0.25, 0.3) is 0 Å². The van der Waals surface area contributed by atoms with Crippen molar-refractivity contribution in [3.8, 4) is 40.6 Å². The number of sulfone groups is 1. The molecule has 35 heavy (non-hydrogen) atoms. The molecule has 1 N–H and O–H groups in total. The van der Waals surface area contributed by atoms with Crippen molar-refractivity contribution in [1.82, 2.24) is 19.9 Å². The van der Waals surface area contributed by atoms with Crippen molar-refractivity contribution in [3.63, 3.8) is 0 Å². The second kappa shape index (κ2) is 8.89. The van der Waals surface area contributed by atoms with Gasteiger partial charge < -0.3 is 14.5 Å². The van der Waals surface area contributed by atoms with Crippen LogP contribution in [0.25, 0.3) is 22.6 Å². The third kappa shape index (κ3) is 4.66. The molecule has 0 amide bonds. The van der Waals surface area contributed by atoms with Crippen molar-refractivity contribution in [3.05, 3.63) is 84.8 Å². The maximum absolute atomic E-state index is 11.7. The van der Waals surface area contributed by atoms with Gasteiger partial charge in [-0.3, -0.25) is 4.98 Å². The van der Waals surface area contributed by atoms with Crippen molar-refractivity contribution in [2.75, 3.05) is 6.26 Å². The number of hydrogen-bond donors (Lipinski definition) is 1. The summed E-state index contributed by atoms with van der Waals surface area (Å²) in [6.07, 6.45) is 4.32. The first-order valence-corrected chi connectivity index (χ1v) is 12.3. The van der Waals surface area contributed by atoms with E-state index in [-0.39, 0.29) is 16.3 Å². The standard InChI is InChI=1S/C25H17N5O4S/c1-35(31,32)18-9-7-16(8-10-18)33-17-13-20-24(30-25(29-20)19-5-2-3-11-27-19)23(14-17)34-22-6-4-12-28-21(22)15-26/h2-14H,1H3,(H,29,30). The summed E-state index contributed by atoms with van der Waals surface area (Å²) in [5, 5.41) is 9.40. The number of ether oxygens (including phenoxy) is 2. The highest BCUT2D eigenvalue weighted by Gasteiger charge is 2.16. The molecule has 9 nitrogen and oxygen atoms in total. The minimum Gasteiger partial charge on any atom is -0.457 e. The Balaban J connectivity index is 1.58. The molecule has 5 rings (SSSR count). The molecule has 0 aliphatic rings. The summed E-state index contributed by atoms with van der Waals surface area (Å²) in [5.41, 5.74) is 1.91. The fraction of sp³-hybridized carbons (Fsp3) is 0.0400. The zero-order valence-electron chi connectivity index (χ0n) is 18.3. The van der Waals surface area contributed by atoms with Crippen LogP contribution in [0.3, 0.4) is 0 Å². The molecule has 0 bridgehead atoms. The number of pyridine rings is 2. The number of benzene rings is 2. The predicted octanol–water partition coefficient (Wildman–Crippen LogP) is 4.88. The summed E-state index contributed by atoms with van der Waals surface area (Å²) < 4.78 is 35.5. The number of nitriles is 1. The normalized spacial score (nSPS) is 11.2. The SMILES string of the molecule is CS(=O)(=O)c1ccc(Oc2cc(Oc3cccnc3C#N)c3nc(-c4ccccn4)[nH]c3c2)cc1. The van der Waals surface area contributed by atoms with Crippen LogP contribution >= 0.6 is 0 Å². The first kappa shape index (κ1) is 22.1. The second-order valence-corrected chi connectivity index (χ2v) is 9.54. The van der Waals surface area contributed by atoms with E-state index in [1.54, 1.807) is 42.6 Å². The van der Waals surface area contributed by atoms with Gasteiger partial charge in [-0.1, -0.05) is 6.07 Å². The molecule has 0 saturated carbocycles. The molecule has 2 aromatic carbocycles. The van der Waals surface area contributed by atoms with E-state index in [2.05, 4.69) is 19.9 Å². The topological polar surface area (TPSA) is 131 Å². The molecule has 3 heterocycles. The van der Waals surface area contributed by atoms with E-state index in [0.717, 1.165) is 6.26 Å². The van der Waals surface area contributed by atoms with Gasteiger partial charge in [-0.25, -0.2) is 18.4 Å². The maximum atomic E-state index is 11.7. The van der Waals surface area contributed by atoms with Gasteiger partial charge in [-0.15, -0.1) is 0 Å². The summed E-state index contributed by atoms with van der Waals surface area (Å²) in [6.45, 7) is 0. The van der Waals surface area contributed by atoms with Gasteiger partial charge in [-0.05, 0) is 48.5 Å². The first-order valence-electron chi connectivity index (χ1n) is 10.4. The second-order valence-electron chi connectivity index (χ2n) is 7.53. The van der Waals surface area contributed by atoms with E-state index >= 15 is 0 Å². The molecule has 0 radical (unpaired) electrons. The van der Waals surface area contributed by atoms with Gasteiger partial charge >= 0.3 is 0 Å². The van der Waals surface area contributed by atoms with E-state index < -0.39 is 9.84 Å². The first-order chi connectivity index (χ1) is 16.9. The quantitative estimate of drug-likeness (QED) is 0.362.